The Hall–Kier alpha value is -1.20. The molecule has 0 fully saturated rings. The van der Waals surface area contributed by atoms with E-state index in [1.54, 1.807) is 6.07 Å². The van der Waals surface area contributed by atoms with Crippen molar-refractivity contribution in [2.75, 3.05) is 0 Å². The number of rotatable bonds is 1. The van der Waals surface area contributed by atoms with Crippen LogP contribution in [0.1, 0.15) is 10.4 Å². The number of aromatic carboxylic acids is 1. The van der Waals surface area contributed by atoms with Gasteiger partial charge >= 0.3 is 5.97 Å². The minimum Gasteiger partial charge on any atom is -0.507 e. The number of carboxylic acids is 1. The van der Waals surface area contributed by atoms with Crippen molar-refractivity contribution in [3.63, 3.8) is 0 Å². The summed E-state index contributed by atoms with van der Waals surface area (Å²) in [5.74, 6) is -1.34. The summed E-state index contributed by atoms with van der Waals surface area (Å²) >= 11 is 5.55. The van der Waals surface area contributed by atoms with Crippen molar-refractivity contribution in [1.82, 2.24) is 0 Å². The van der Waals surface area contributed by atoms with Gasteiger partial charge in [0.25, 0.3) is 0 Å². The molecular formula is C9H6O3S2. The summed E-state index contributed by atoms with van der Waals surface area (Å²) in [4.78, 5) is 10.7. The van der Waals surface area contributed by atoms with Gasteiger partial charge in [0.1, 0.15) is 11.3 Å². The van der Waals surface area contributed by atoms with Crippen LogP contribution in [0.3, 0.4) is 0 Å². The third-order valence-corrected chi connectivity index (χ3v) is 3.16. The quantitative estimate of drug-likeness (QED) is 0.655. The van der Waals surface area contributed by atoms with Gasteiger partial charge in [-0.3, -0.25) is 0 Å². The fraction of sp³-hybridized carbons (Fsp3) is 0. The number of carbonyl (C=O) groups is 1. The minimum atomic E-state index is -1.13. The molecule has 0 bridgehead atoms. The fourth-order valence-electron chi connectivity index (χ4n) is 1.23. The molecule has 0 aliphatic heterocycles. The number of hydrogen-bond acceptors (Lipinski definition) is 4. The van der Waals surface area contributed by atoms with E-state index in [1.165, 1.54) is 23.5 Å². The number of phenols is 1. The summed E-state index contributed by atoms with van der Waals surface area (Å²) in [6, 6.07) is 4.67. The Morgan fingerprint density at radius 3 is 2.71 bits per heavy atom. The first-order valence-electron chi connectivity index (χ1n) is 3.77. The van der Waals surface area contributed by atoms with Crippen LogP contribution in [0.2, 0.25) is 0 Å². The summed E-state index contributed by atoms with van der Waals surface area (Å²) < 4.78 is 1.62. The molecule has 0 saturated carbocycles. The van der Waals surface area contributed by atoms with Gasteiger partial charge < -0.3 is 10.2 Å². The number of thiol groups is 1. The molecule has 2 aromatic rings. The van der Waals surface area contributed by atoms with E-state index in [4.69, 9.17) is 5.11 Å². The average molecular weight is 226 g/mol. The van der Waals surface area contributed by atoms with Crippen molar-refractivity contribution in [3.8, 4) is 5.75 Å². The normalized spacial score (nSPS) is 10.6. The van der Waals surface area contributed by atoms with Crippen LogP contribution in [0.25, 0.3) is 10.1 Å². The van der Waals surface area contributed by atoms with Gasteiger partial charge in [-0.1, -0.05) is 0 Å². The van der Waals surface area contributed by atoms with Crippen molar-refractivity contribution in [1.29, 1.82) is 0 Å². The highest BCUT2D eigenvalue weighted by molar-refractivity contribution is 7.83. The van der Waals surface area contributed by atoms with E-state index in [1.807, 2.05) is 0 Å². The Kier molecular flexibility index (Phi) is 2.13. The number of thiophene rings is 1. The highest BCUT2D eigenvalue weighted by atomic mass is 32.2. The van der Waals surface area contributed by atoms with E-state index in [0.717, 1.165) is 14.3 Å². The summed E-state index contributed by atoms with van der Waals surface area (Å²) in [5, 5.41) is 18.9. The van der Waals surface area contributed by atoms with Gasteiger partial charge in [-0.25, -0.2) is 4.79 Å². The lowest BCUT2D eigenvalue weighted by Gasteiger charge is -1.98. The second-order valence-corrected chi connectivity index (χ2v) is 4.67. The molecule has 3 nitrogen and oxygen atoms in total. The van der Waals surface area contributed by atoms with Crippen LogP contribution in [0, 0.1) is 0 Å². The lowest BCUT2D eigenvalue weighted by atomic mass is 10.1. The zero-order valence-electron chi connectivity index (χ0n) is 6.89. The first-order chi connectivity index (χ1) is 6.58. The highest BCUT2D eigenvalue weighted by Crippen LogP contribution is 2.32. The topological polar surface area (TPSA) is 57.5 Å². The number of benzene rings is 1. The molecular weight excluding hydrogens is 220 g/mol. The molecule has 0 unspecified atom stereocenters. The molecule has 0 amide bonds. The highest BCUT2D eigenvalue weighted by Gasteiger charge is 2.11. The molecule has 14 heavy (non-hydrogen) atoms. The molecule has 0 saturated heterocycles. The average Bonchev–Trinajstić information content (AvgIpc) is 2.42. The van der Waals surface area contributed by atoms with Crippen LogP contribution in [0.5, 0.6) is 5.75 Å². The zero-order chi connectivity index (χ0) is 10.3. The van der Waals surface area contributed by atoms with Crippen LogP contribution < -0.4 is 0 Å². The number of fused-ring (bicyclic) bond motifs is 1. The fourth-order valence-corrected chi connectivity index (χ4v) is 2.49. The van der Waals surface area contributed by atoms with Gasteiger partial charge in [-0.15, -0.1) is 24.0 Å². The molecule has 0 atom stereocenters. The van der Waals surface area contributed by atoms with Crippen LogP contribution in [-0.4, -0.2) is 16.2 Å². The van der Waals surface area contributed by atoms with Crippen LogP contribution >= 0.6 is 24.0 Å². The summed E-state index contributed by atoms with van der Waals surface area (Å²) in [6.07, 6.45) is 0. The predicted molar refractivity (Wildman–Crippen MR) is 57.7 cm³/mol. The van der Waals surface area contributed by atoms with Crippen LogP contribution in [-0.2, 0) is 0 Å². The molecule has 0 aliphatic carbocycles. The van der Waals surface area contributed by atoms with Gasteiger partial charge in [-0.05, 0) is 23.6 Å². The second-order valence-electron chi connectivity index (χ2n) is 2.80. The summed E-state index contributed by atoms with van der Waals surface area (Å²) in [6.45, 7) is 0. The van der Waals surface area contributed by atoms with Crippen molar-refractivity contribution in [2.45, 2.75) is 4.21 Å². The molecule has 72 valence electrons. The largest absolute Gasteiger partial charge is 0.507 e. The van der Waals surface area contributed by atoms with Gasteiger partial charge in [0.15, 0.2) is 0 Å². The zero-order valence-corrected chi connectivity index (χ0v) is 8.60. The molecule has 1 aromatic heterocycles. The standard InChI is InChI=1S/C9H6O3S2/c10-6-3-7-4(2-8(13)14-7)1-5(6)9(11)12/h1-3,10,13H,(H,11,12). The Morgan fingerprint density at radius 2 is 2.07 bits per heavy atom. The first kappa shape index (κ1) is 9.36. The maximum atomic E-state index is 10.7. The van der Waals surface area contributed by atoms with Crippen molar-refractivity contribution < 1.29 is 15.0 Å². The summed E-state index contributed by atoms with van der Waals surface area (Å²) in [5.41, 5.74) is -0.0800. The Balaban J connectivity index is 2.76. The number of hydrogen-bond donors (Lipinski definition) is 3. The maximum absolute atomic E-state index is 10.7. The number of aromatic hydroxyl groups is 1. The van der Waals surface area contributed by atoms with E-state index < -0.39 is 5.97 Å². The Bertz CT molecular complexity index is 516. The molecule has 1 heterocycles. The SMILES string of the molecule is O=C(O)c1cc2cc(S)sc2cc1O. The molecule has 0 spiro atoms. The Morgan fingerprint density at radius 1 is 1.36 bits per heavy atom. The monoisotopic (exact) mass is 226 g/mol. The Labute approximate surface area is 89.0 Å². The van der Waals surface area contributed by atoms with Gasteiger partial charge in [0.2, 0.25) is 0 Å². The van der Waals surface area contributed by atoms with Crippen LogP contribution in [0.4, 0.5) is 0 Å². The van der Waals surface area contributed by atoms with Crippen molar-refractivity contribution in [3.05, 3.63) is 23.8 Å². The molecule has 0 aliphatic rings. The van der Waals surface area contributed by atoms with E-state index in [0.29, 0.717) is 0 Å². The minimum absolute atomic E-state index is 0.0800. The molecule has 1 aromatic carbocycles. The van der Waals surface area contributed by atoms with E-state index in [2.05, 4.69) is 12.6 Å². The van der Waals surface area contributed by atoms with Crippen LogP contribution in [0.15, 0.2) is 22.4 Å². The predicted octanol–water partition coefficient (Wildman–Crippen LogP) is 2.59. The van der Waals surface area contributed by atoms with E-state index >= 15 is 0 Å². The molecule has 0 radical (unpaired) electrons. The lowest BCUT2D eigenvalue weighted by Crippen LogP contribution is -1.95. The third kappa shape index (κ3) is 1.44. The smallest absolute Gasteiger partial charge is 0.339 e. The van der Waals surface area contributed by atoms with Crippen molar-refractivity contribution in [2.24, 2.45) is 0 Å². The molecule has 2 N–H and O–H groups in total. The van der Waals surface area contributed by atoms with E-state index in [9.17, 15) is 9.90 Å². The van der Waals surface area contributed by atoms with E-state index in [-0.39, 0.29) is 11.3 Å². The van der Waals surface area contributed by atoms with Gasteiger partial charge in [0.05, 0.1) is 4.21 Å². The lowest BCUT2D eigenvalue weighted by molar-refractivity contribution is 0.0694. The second kappa shape index (κ2) is 3.18. The molecule has 5 heteroatoms. The number of carboxylic acid groups (broad SMARTS) is 1. The van der Waals surface area contributed by atoms with Crippen molar-refractivity contribution >= 4 is 40.0 Å². The summed E-state index contributed by atoms with van der Waals surface area (Å²) in [7, 11) is 0. The van der Waals surface area contributed by atoms with Gasteiger partial charge in [-0.2, -0.15) is 0 Å². The first-order valence-corrected chi connectivity index (χ1v) is 5.03. The third-order valence-electron chi connectivity index (χ3n) is 1.85. The van der Waals surface area contributed by atoms with Gasteiger partial charge in [0, 0.05) is 4.70 Å². The maximum Gasteiger partial charge on any atom is 0.339 e. The molecule has 2 rings (SSSR count).